The Labute approximate surface area is 185 Å². The number of nitrogens with one attached hydrogen (secondary N) is 2. The number of rotatable bonds is 6. The summed E-state index contributed by atoms with van der Waals surface area (Å²) in [5.74, 6) is 1.41. The summed E-state index contributed by atoms with van der Waals surface area (Å²) in [6, 6.07) is 8.85. The number of benzene rings is 1. The maximum absolute atomic E-state index is 12.8. The van der Waals surface area contributed by atoms with Gasteiger partial charge in [-0.15, -0.1) is 0 Å². The van der Waals surface area contributed by atoms with Crippen molar-refractivity contribution in [2.45, 2.75) is 57.7 Å². The number of carbonyl (C=O) groups is 1. The average molecular weight is 423 g/mol. The van der Waals surface area contributed by atoms with Crippen LogP contribution in [0.15, 0.2) is 48.0 Å². The molecule has 1 aromatic carbocycles. The molecule has 1 saturated heterocycles. The first-order valence-electron chi connectivity index (χ1n) is 11.5. The highest BCUT2D eigenvalue weighted by Crippen LogP contribution is 2.26. The third-order valence-electron chi connectivity index (χ3n) is 6.43. The summed E-state index contributed by atoms with van der Waals surface area (Å²) in [6.45, 7) is 3.17. The highest BCUT2D eigenvalue weighted by atomic mass is 16.2. The summed E-state index contributed by atoms with van der Waals surface area (Å²) in [5, 5.41) is 6.90. The van der Waals surface area contributed by atoms with Gasteiger partial charge in [0, 0.05) is 57.6 Å². The van der Waals surface area contributed by atoms with Gasteiger partial charge in [0.1, 0.15) is 0 Å². The van der Waals surface area contributed by atoms with Crippen molar-refractivity contribution in [3.05, 3.63) is 54.1 Å². The van der Waals surface area contributed by atoms with E-state index in [0.717, 1.165) is 44.9 Å². The summed E-state index contributed by atoms with van der Waals surface area (Å²) in [5.41, 5.74) is 2.45. The number of amides is 1. The van der Waals surface area contributed by atoms with Gasteiger partial charge in [0.25, 0.3) is 0 Å². The fraction of sp³-hybridized carbons (Fsp3) is 0.542. The molecule has 1 unspecified atom stereocenters. The standard InChI is InChI=1S/C24H34N6O/c1-25-24(27-15-19-7-9-20(10-8-19)16-29-14-12-26-18-29)28-22-11-13-30(17-22)23(31)21-5-3-2-4-6-21/h7-10,12,14,18,21-22H,2-6,11,13,15-17H2,1H3,(H2,25,27,28). The molecule has 1 saturated carbocycles. The lowest BCUT2D eigenvalue weighted by molar-refractivity contribution is -0.135. The lowest BCUT2D eigenvalue weighted by atomic mass is 9.88. The van der Waals surface area contributed by atoms with Crippen LogP contribution in [-0.2, 0) is 17.9 Å². The van der Waals surface area contributed by atoms with Gasteiger partial charge in [-0.05, 0) is 30.4 Å². The molecule has 7 nitrogen and oxygen atoms in total. The second-order valence-corrected chi connectivity index (χ2v) is 8.73. The molecule has 31 heavy (non-hydrogen) atoms. The molecule has 1 atom stereocenters. The first kappa shape index (κ1) is 21.4. The molecule has 2 heterocycles. The van der Waals surface area contributed by atoms with Crippen LogP contribution in [0, 0.1) is 5.92 Å². The van der Waals surface area contributed by atoms with Crippen LogP contribution >= 0.6 is 0 Å². The molecule has 7 heteroatoms. The number of hydrogen-bond donors (Lipinski definition) is 2. The number of likely N-dealkylation sites (tertiary alicyclic amines) is 1. The number of hydrogen-bond acceptors (Lipinski definition) is 3. The third kappa shape index (κ3) is 5.87. The Bertz CT molecular complexity index is 855. The molecule has 2 fully saturated rings. The van der Waals surface area contributed by atoms with Gasteiger partial charge in [-0.1, -0.05) is 43.5 Å². The Hall–Kier alpha value is -2.83. The highest BCUT2D eigenvalue weighted by molar-refractivity contribution is 5.81. The van der Waals surface area contributed by atoms with Gasteiger partial charge in [0.15, 0.2) is 5.96 Å². The molecule has 0 spiro atoms. The lowest BCUT2D eigenvalue weighted by Gasteiger charge is -2.26. The molecule has 0 radical (unpaired) electrons. The summed E-state index contributed by atoms with van der Waals surface area (Å²) >= 11 is 0. The molecule has 1 aliphatic heterocycles. The minimum Gasteiger partial charge on any atom is -0.352 e. The Morgan fingerprint density at radius 3 is 2.61 bits per heavy atom. The van der Waals surface area contributed by atoms with E-state index in [1.54, 1.807) is 13.2 Å². The first-order chi connectivity index (χ1) is 15.2. The van der Waals surface area contributed by atoms with Gasteiger partial charge in [-0.25, -0.2) is 4.98 Å². The van der Waals surface area contributed by atoms with Crippen molar-refractivity contribution in [3.8, 4) is 0 Å². The number of guanidine groups is 1. The fourth-order valence-corrected chi connectivity index (χ4v) is 4.61. The van der Waals surface area contributed by atoms with Crippen LogP contribution in [0.3, 0.4) is 0 Å². The van der Waals surface area contributed by atoms with E-state index in [2.05, 4.69) is 54.3 Å². The topological polar surface area (TPSA) is 74.6 Å². The Balaban J connectivity index is 1.22. The van der Waals surface area contributed by atoms with Crippen LogP contribution in [0.25, 0.3) is 0 Å². The molecular formula is C24H34N6O. The molecule has 1 amide bonds. The molecule has 2 aliphatic rings. The molecule has 166 valence electrons. The average Bonchev–Trinajstić information content (AvgIpc) is 3.50. The van der Waals surface area contributed by atoms with Crippen molar-refractivity contribution < 1.29 is 4.79 Å². The number of aromatic nitrogens is 2. The Kier molecular flexibility index (Phi) is 7.22. The second kappa shape index (κ2) is 10.5. The first-order valence-corrected chi connectivity index (χ1v) is 11.5. The van der Waals surface area contributed by atoms with Crippen LogP contribution in [-0.4, -0.2) is 52.5 Å². The van der Waals surface area contributed by atoms with E-state index in [4.69, 9.17) is 0 Å². The van der Waals surface area contributed by atoms with Crippen LogP contribution in [0.5, 0.6) is 0 Å². The third-order valence-corrected chi connectivity index (χ3v) is 6.43. The summed E-state index contributed by atoms with van der Waals surface area (Å²) in [6.07, 6.45) is 12.4. The van der Waals surface area contributed by atoms with E-state index >= 15 is 0 Å². The highest BCUT2D eigenvalue weighted by Gasteiger charge is 2.31. The molecule has 2 aromatic rings. The Morgan fingerprint density at radius 1 is 1.13 bits per heavy atom. The van der Waals surface area contributed by atoms with E-state index in [1.165, 1.54) is 30.4 Å². The molecular weight excluding hydrogens is 388 g/mol. The van der Waals surface area contributed by atoms with Crippen molar-refractivity contribution >= 4 is 11.9 Å². The number of aliphatic imine (C=N–C) groups is 1. The largest absolute Gasteiger partial charge is 0.352 e. The van der Waals surface area contributed by atoms with Gasteiger partial charge in [0.2, 0.25) is 5.91 Å². The van der Waals surface area contributed by atoms with Crippen molar-refractivity contribution in [2.75, 3.05) is 20.1 Å². The summed E-state index contributed by atoms with van der Waals surface area (Å²) in [4.78, 5) is 23.3. The summed E-state index contributed by atoms with van der Waals surface area (Å²) < 4.78 is 2.06. The second-order valence-electron chi connectivity index (χ2n) is 8.73. The lowest BCUT2D eigenvalue weighted by Crippen LogP contribution is -2.45. The van der Waals surface area contributed by atoms with E-state index in [0.29, 0.717) is 12.5 Å². The normalized spacial score (nSPS) is 20.1. The van der Waals surface area contributed by atoms with Crippen molar-refractivity contribution in [1.29, 1.82) is 0 Å². The predicted molar refractivity (Wildman–Crippen MR) is 123 cm³/mol. The predicted octanol–water partition coefficient (Wildman–Crippen LogP) is 2.78. The van der Waals surface area contributed by atoms with Crippen LogP contribution in [0.1, 0.15) is 49.7 Å². The number of imidazole rings is 1. The van der Waals surface area contributed by atoms with E-state index in [1.807, 2.05) is 12.5 Å². The maximum atomic E-state index is 12.8. The quantitative estimate of drug-likeness (QED) is 0.555. The minimum absolute atomic E-state index is 0.252. The maximum Gasteiger partial charge on any atom is 0.225 e. The zero-order chi connectivity index (χ0) is 21.5. The molecule has 4 rings (SSSR count). The summed E-state index contributed by atoms with van der Waals surface area (Å²) in [7, 11) is 1.80. The zero-order valence-electron chi connectivity index (χ0n) is 18.5. The van der Waals surface area contributed by atoms with Crippen LogP contribution in [0.4, 0.5) is 0 Å². The van der Waals surface area contributed by atoms with Crippen molar-refractivity contribution in [2.24, 2.45) is 10.9 Å². The van der Waals surface area contributed by atoms with Gasteiger partial charge in [-0.2, -0.15) is 0 Å². The van der Waals surface area contributed by atoms with Crippen LogP contribution < -0.4 is 10.6 Å². The minimum atomic E-state index is 0.252. The molecule has 0 bridgehead atoms. The van der Waals surface area contributed by atoms with Gasteiger partial charge in [0.05, 0.1) is 6.33 Å². The monoisotopic (exact) mass is 422 g/mol. The van der Waals surface area contributed by atoms with E-state index in [-0.39, 0.29) is 12.0 Å². The smallest absolute Gasteiger partial charge is 0.225 e. The SMILES string of the molecule is CN=C(NCc1ccc(Cn2ccnc2)cc1)NC1CCN(C(=O)C2CCCCC2)C1. The van der Waals surface area contributed by atoms with Gasteiger partial charge < -0.3 is 20.1 Å². The van der Waals surface area contributed by atoms with Crippen LogP contribution in [0.2, 0.25) is 0 Å². The zero-order valence-corrected chi connectivity index (χ0v) is 18.5. The number of nitrogens with zero attached hydrogens (tertiary/aromatic N) is 4. The molecule has 1 aromatic heterocycles. The molecule has 1 aliphatic carbocycles. The molecule has 2 N–H and O–H groups in total. The number of carbonyl (C=O) groups excluding carboxylic acids is 1. The van der Waals surface area contributed by atoms with Gasteiger partial charge >= 0.3 is 0 Å². The Morgan fingerprint density at radius 2 is 1.90 bits per heavy atom. The van der Waals surface area contributed by atoms with Crippen molar-refractivity contribution in [1.82, 2.24) is 25.1 Å². The van der Waals surface area contributed by atoms with Gasteiger partial charge in [-0.3, -0.25) is 9.79 Å². The van der Waals surface area contributed by atoms with E-state index < -0.39 is 0 Å². The van der Waals surface area contributed by atoms with Crippen molar-refractivity contribution in [3.63, 3.8) is 0 Å². The van der Waals surface area contributed by atoms with E-state index in [9.17, 15) is 4.79 Å². The fourth-order valence-electron chi connectivity index (χ4n) is 4.61.